The zero-order valence-corrected chi connectivity index (χ0v) is 30.9. The fraction of sp³-hybridized carbons (Fsp3) is 0.857. The predicted octanol–water partition coefficient (Wildman–Crippen LogP) is 14.0. The van der Waals surface area contributed by atoms with Crippen LogP contribution in [0.5, 0.6) is 0 Å². The Bertz CT molecular complexity index is 698. The molecule has 46 heavy (non-hydrogen) atoms. The molecule has 0 aromatic rings. The number of unbranched alkanes of at least 4 members (excludes halogenated alkanes) is 24. The summed E-state index contributed by atoms with van der Waals surface area (Å²) in [5.74, 6) is -0.689. The van der Waals surface area contributed by atoms with Gasteiger partial charge < -0.3 is 9.84 Å². The number of esters is 1. The minimum atomic E-state index is -0.692. The molecular weight excluding hydrogens is 568 g/mol. The SMILES string of the molecule is CCCCC/C=C\C/C=C\CCCCCCCC(=O)OC(CCCCCCCCCCCCCC)CCCCCCCCC(=O)O. The highest BCUT2D eigenvalue weighted by Gasteiger charge is 2.14. The molecule has 270 valence electrons. The number of ether oxygens (including phenoxy) is 1. The second kappa shape index (κ2) is 37.9. The highest BCUT2D eigenvalue weighted by Crippen LogP contribution is 2.19. The maximum atomic E-state index is 12.7. The lowest BCUT2D eigenvalue weighted by Crippen LogP contribution is -2.18. The van der Waals surface area contributed by atoms with Gasteiger partial charge in [0.25, 0.3) is 0 Å². The lowest BCUT2D eigenvalue weighted by molar-refractivity contribution is -0.150. The Morgan fingerprint density at radius 2 is 0.848 bits per heavy atom. The average molecular weight is 647 g/mol. The van der Waals surface area contributed by atoms with E-state index in [0.717, 1.165) is 83.5 Å². The van der Waals surface area contributed by atoms with Crippen LogP contribution in [0.3, 0.4) is 0 Å². The molecule has 4 heteroatoms. The predicted molar refractivity (Wildman–Crippen MR) is 200 cm³/mol. The van der Waals surface area contributed by atoms with E-state index < -0.39 is 5.97 Å². The number of allylic oxidation sites excluding steroid dienone is 4. The first-order valence-corrected chi connectivity index (χ1v) is 20.3. The summed E-state index contributed by atoms with van der Waals surface area (Å²) in [5, 5.41) is 8.79. The Hall–Kier alpha value is -1.58. The third-order valence-electron chi connectivity index (χ3n) is 9.18. The molecule has 0 aromatic heterocycles. The maximum absolute atomic E-state index is 12.7. The van der Waals surface area contributed by atoms with Gasteiger partial charge in [0.05, 0.1) is 0 Å². The van der Waals surface area contributed by atoms with Crippen molar-refractivity contribution in [2.45, 2.75) is 232 Å². The van der Waals surface area contributed by atoms with E-state index in [0.29, 0.717) is 6.42 Å². The number of carboxylic acids is 1. The molecule has 0 bridgehead atoms. The lowest BCUT2D eigenvalue weighted by Gasteiger charge is -2.18. The van der Waals surface area contributed by atoms with Crippen molar-refractivity contribution >= 4 is 11.9 Å². The second-order valence-corrected chi connectivity index (χ2v) is 13.8. The molecule has 0 heterocycles. The third kappa shape index (κ3) is 36.9. The second-order valence-electron chi connectivity index (χ2n) is 13.8. The molecule has 0 aliphatic carbocycles. The van der Waals surface area contributed by atoms with Gasteiger partial charge in [0.1, 0.15) is 6.10 Å². The van der Waals surface area contributed by atoms with Gasteiger partial charge in [0.15, 0.2) is 0 Å². The number of carbonyl (C=O) groups is 2. The van der Waals surface area contributed by atoms with E-state index in [4.69, 9.17) is 9.84 Å². The highest BCUT2D eigenvalue weighted by atomic mass is 16.5. The first kappa shape index (κ1) is 44.4. The Balaban J connectivity index is 4.08. The third-order valence-corrected chi connectivity index (χ3v) is 9.18. The first-order chi connectivity index (χ1) is 22.6. The molecule has 0 aliphatic heterocycles. The summed E-state index contributed by atoms with van der Waals surface area (Å²) in [6, 6.07) is 0. The van der Waals surface area contributed by atoms with E-state index in [1.54, 1.807) is 0 Å². The topological polar surface area (TPSA) is 63.6 Å². The molecule has 0 rings (SSSR count). The number of aliphatic carboxylic acids is 1. The average Bonchev–Trinajstić information content (AvgIpc) is 3.04. The van der Waals surface area contributed by atoms with Gasteiger partial charge in [-0.15, -0.1) is 0 Å². The number of carboxylic acid groups (broad SMARTS) is 1. The van der Waals surface area contributed by atoms with Crippen LogP contribution in [0.15, 0.2) is 24.3 Å². The number of carbonyl (C=O) groups excluding carboxylic acids is 1. The van der Waals surface area contributed by atoms with Crippen LogP contribution in [0.2, 0.25) is 0 Å². The van der Waals surface area contributed by atoms with Gasteiger partial charge in [-0.1, -0.05) is 167 Å². The zero-order chi connectivity index (χ0) is 33.6. The van der Waals surface area contributed by atoms with Gasteiger partial charge in [-0.3, -0.25) is 9.59 Å². The standard InChI is InChI=1S/C42H78O4/c1-3-5-7-9-11-13-15-17-18-19-21-23-25-31-35-39-42(45)46-40(37-33-29-26-27-30-34-38-41(43)44)36-32-28-24-22-20-16-14-12-10-8-6-4-2/h11,13,17-18,40H,3-10,12,14-16,19-39H2,1-2H3,(H,43,44)/b13-11-,18-17-. The monoisotopic (exact) mass is 647 g/mol. The van der Waals surface area contributed by atoms with Crippen molar-refractivity contribution in [3.8, 4) is 0 Å². The first-order valence-electron chi connectivity index (χ1n) is 20.3. The van der Waals surface area contributed by atoms with Crippen molar-refractivity contribution in [2.75, 3.05) is 0 Å². The molecular formula is C42H78O4. The molecule has 0 aromatic carbocycles. The van der Waals surface area contributed by atoms with Crippen LogP contribution in [0.25, 0.3) is 0 Å². The lowest BCUT2D eigenvalue weighted by atomic mass is 10.0. The summed E-state index contributed by atoms with van der Waals surface area (Å²) in [6.07, 6.45) is 47.6. The van der Waals surface area contributed by atoms with Crippen LogP contribution in [-0.4, -0.2) is 23.1 Å². The number of hydrogen-bond donors (Lipinski definition) is 1. The summed E-state index contributed by atoms with van der Waals surface area (Å²) >= 11 is 0. The van der Waals surface area contributed by atoms with E-state index in [-0.39, 0.29) is 18.5 Å². The molecule has 4 nitrogen and oxygen atoms in total. The molecule has 0 aliphatic rings. The fourth-order valence-corrected chi connectivity index (χ4v) is 6.16. The van der Waals surface area contributed by atoms with E-state index in [1.165, 1.54) is 116 Å². The van der Waals surface area contributed by atoms with E-state index in [1.807, 2.05) is 0 Å². The Labute approximate surface area is 287 Å². The van der Waals surface area contributed by atoms with Crippen molar-refractivity contribution < 1.29 is 19.4 Å². The summed E-state index contributed by atoms with van der Waals surface area (Å²) in [4.78, 5) is 23.4. The van der Waals surface area contributed by atoms with Crippen molar-refractivity contribution in [1.82, 2.24) is 0 Å². The summed E-state index contributed by atoms with van der Waals surface area (Å²) < 4.78 is 6.02. The van der Waals surface area contributed by atoms with E-state index in [2.05, 4.69) is 38.2 Å². The van der Waals surface area contributed by atoms with Gasteiger partial charge in [0.2, 0.25) is 0 Å². The fourth-order valence-electron chi connectivity index (χ4n) is 6.16. The maximum Gasteiger partial charge on any atom is 0.306 e. The molecule has 0 amide bonds. The highest BCUT2D eigenvalue weighted by molar-refractivity contribution is 5.69. The smallest absolute Gasteiger partial charge is 0.306 e. The molecule has 0 fully saturated rings. The van der Waals surface area contributed by atoms with Crippen LogP contribution in [0, 0.1) is 0 Å². The van der Waals surface area contributed by atoms with Gasteiger partial charge in [-0.05, 0) is 70.6 Å². The largest absolute Gasteiger partial charge is 0.481 e. The Morgan fingerprint density at radius 3 is 1.33 bits per heavy atom. The normalized spacial score (nSPS) is 12.4. The van der Waals surface area contributed by atoms with Gasteiger partial charge >= 0.3 is 11.9 Å². The van der Waals surface area contributed by atoms with Crippen molar-refractivity contribution in [2.24, 2.45) is 0 Å². The molecule has 0 radical (unpaired) electrons. The van der Waals surface area contributed by atoms with Crippen molar-refractivity contribution in [1.29, 1.82) is 0 Å². The summed E-state index contributed by atoms with van der Waals surface area (Å²) in [7, 11) is 0. The van der Waals surface area contributed by atoms with Gasteiger partial charge in [-0.2, -0.15) is 0 Å². The summed E-state index contributed by atoms with van der Waals surface area (Å²) in [5.41, 5.74) is 0. The summed E-state index contributed by atoms with van der Waals surface area (Å²) in [6.45, 7) is 4.53. The molecule has 0 saturated carbocycles. The molecule has 0 saturated heterocycles. The molecule has 1 N–H and O–H groups in total. The van der Waals surface area contributed by atoms with Gasteiger partial charge in [-0.25, -0.2) is 0 Å². The molecule has 0 spiro atoms. The number of rotatable bonds is 37. The molecule has 1 atom stereocenters. The van der Waals surface area contributed by atoms with Crippen LogP contribution < -0.4 is 0 Å². The van der Waals surface area contributed by atoms with E-state index >= 15 is 0 Å². The van der Waals surface area contributed by atoms with Crippen LogP contribution >= 0.6 is 0 Å². The Kier molecular flexibility index (Phi) is 36.6. The Morgan fingerprint density at radius 1 is 0.478 bits per heavy atom. The van der Waals surface area contributed by atoms with Crippen LogP contribution in [-0.2, 0) is 14.3 Å². The quantitative estimate of drug-likeness (QED) is 0.0414. The molecule has 1 unspecified atom stereocenters. The minimum Gasteiger partial charge on any atom is -0.481 e. The zero-order valence-electron chi connectivity index (χ0n) is 30.9. The van der Waals surface area contributed by atoms with Crippen molar-refractivity contribution in [3.63, 3.8) is 0 Å². The number of hydrogen-bond acceptors (Lipinski definition) is 3. The van der Waals surface area contributed by atoms with Crippen molar-refractivity contribution in [3.05, 3.63) is 24.3 Å². The van der Waals surface area contributed by atoms with Crippen LogP contribution in [0.1, 0.15) is 226 Å². The minimum absolute atomic E-state index is 0.00305. The van der Waals surface area contributed by atoms with E-state index in [9.17, 15) is 9.59 Å². The van der Waals surface area contributed by atoms with Gasteiger partial charge in [0, 0.05) is 12.8 Å². The van der Waals surface area contributed by atoms with Crippen LogP contribution in [0.4, 0.5) is 0 Å².